The van der Waals surface area contributed by atoms with E-state index < -0.39 is 182 Å². The van der Waals surface area contributed by atoms with Crippen LogP contribution in [0.4, 0.5) is 0 Å². The number of unbranched alkanes of at least 4 members (excludes halogenated alkanes) is 1. The molecule has 2 rings (SSSR count). The first kappa shape index (κ1) is 66.3. The van der Waals surface area contributed by atoms with Crippen molar-refractivity contribution < 1.29 is 87.5 Å². The van der Waals surface area contributed by atoms with E-state index in [2.05, 4.69) is 31.9 Å². The van der Waals surface area contributed by atoms with Gasteiger partial charge in [-0.2, -0.15) is 0 Å². The number of carboxylic acid groups (broad SMARTS) is 2. The molecule has 29 heteroatoms. The summed E-state index contributed by atoms with van der Waals surface area (Å²) < 4.78 is 5.43. The van der Waals surface area contributed by atoms with Crippen LogP contribution in [0.2, 0.25) is 0 Å². The Morgan fingerprint density at radius 2 is 1.31 bits per heavy atom. The van der Waals surface area contributed by atoms with Crippen LogP contribution < -0.4 is 49.1 Å². The maximum Gasteiger partial charge on any atom is 0.329 e. The third kappa shape index (κ3) is 21.3. The number of nitrogens with one attached hydrogen (secondary N) is 6. The van der Waals surface area contributed by atoms with Gasteiger partial charge in [-0.25, -0.2) is 4.79 Å². The van der Waals surface area contributed by atoms with Crippen molar-refractivity contribution in [1.29, 1.82) is 0 Å². The molecule has 1 aliphatic rings. The van der Waals surface area contributed by atoms with Gasteiger partial charge in [-0.3, -0.25) is 57.5 Å². The van der Waals surface area contributed by atoms with Crippen molar-refractivity contribution in [2.45, 2.75) is 152 Å². The minimum absolute atomic E-state index is 0.175. The molecule has 0 saturated carbocycles. The first-order valence-corrected chi connectivity index (χ1v) is 25.1. The number of aliphatic hydroxyl groups excluding tert-OH is 2. The quantitative estimate of drug-likeness (QED) is 0.0405. The van der Waals surface area contributed by atoms with Crippen LogP contribution in [0, 0.1) is 11.8 Å². The number of rotatable bonds is 21. The zero-order valence-electron chi connectivity index (χ0n) is 44.4. The molecule has 434 valence electrons. The summed E-state index contributed by atoms with van der Waals surface area (Å²) >= 11 is 0. The second kappa shape index (κ2) is 32.1. The molecule has 1 unspecified atom stereocenters. The molecule has 0 aliphatic carbocycles. The Balaban J connectivity index is 2.96. The molecule has 29 nitrogen and oxygen atoms in total. The third-order valence-electron chi connectivity index (χ3n) is 12.9. The highest BCUT2D eigenvalue weighted by Crippen LogP contribution is 2.18. The van der Waals surface area contributed by atoms with Crippen molar-refractivity contribution in [2.75, 3.05) is 27.3 Å². The molecule has 1 aromatic carbocycles. The van der Waals surface area contributed by atoms with Gasteiger partial charge >= 0.3 is 17.9 Å². The number of cyclic esters (lactones) is 1. The highest BCUT2D eigenvalue weighted by Gasteiger charge is 2.42. The van der Waals surface area contributed by atoms with Gasteiger partial charge in [-0.05, 0) is 30.7 Å². The predicted molar refractivity (Wildman–Crippen MR) is 272 cm³/mol. The number of carboxylic acids is 2. The van der Waals surface area contributed by atoms with E-state index in [1.807, 2.05) is 13.8 Å². The summed E-state index contributed by atoms with van der Waals surface area (Å²) in [6, 6.07) is -9.03. The number of amides is 10. The van der Waals surface area contributed by atoms with E-state index in [-0.39, 0.29) is 12.8 Å². The number of hydrogen-bond donors (Lipinski definition) is 13. The maximum atomic E-state index is 14.6. The zero-order valence-corrected chi connectivity index (χ0v) is 44.4. The number of nitrogens with two attached hydrogens (primary N) is 3. The Morgan fingerprint density at radius 1 is 0.731 bits per heavy atom. The molecular weight excluding hydrogens is 1030 g/mol. The monoisotopic (exact) mass is 1110 g/mol. The van der Waals surface area contributed by atoms with Crippen LogP contribution in [0.1, 0.15) is 91.0 Å². The van der Waals surface area contributed by atoms with Gasteiger partial charge in [0.05, 0.1) is 25.9 Å². The number of carbonyl (C=O) groups excluding carboxylic acids is 11. The molecule has 1 fully saturated rings. The molecule has 1 aliphatic heterocycles. The normalized spacial score (nSPS) is 24.5. The first-order valence-electron chi connectivity index (χ1n) is 25.1. The third-order valence-corrected chi connectivity index (χ3v) is 12.9. The minimum atomic E-state index is -2.18. The second-order valence-electron chi connectivity index (χ2n) is 19.3. The summed E-state index contributed by atoms with van der Waals surface area (Å²) in [5.74, 6) is -18.0. The van der Waals surface area contributed by atoms with E-state index in [0.717, 1.165) is 31.8 Å². The van der Waals surface area contributed by atoms with Crippen molar-refractivity contribution in [3.63, 3.8) is 0 Å². The molecule has 16 N–H and O–H groups in total. The van der Waals surface area contributed by atoms with Crippen LogP contribution in [0.5, 0.6) is 0 Å². The lowest BCUT2D eigenvalue weighted by atomic mass is 9.97. The molecule has 1 aromatic rings. The van der Waals surface area contributed by atoms with E-state index in [9.17, 15) is 82.8 Å². The van der Waals surface area contributed by atoms with Crippen LogP contribution in [0.25, 0.3) is 0 Å². The number of aliphatic carboxylic acids is 2. The fourth-order valence-corrected chi connectivity index (χ4v) is 8.01. The van der Waals surface area contributed by atoms with Crippen LogP contribution in [0.3, 0.4) is 0 Å². The second-order valence-corrected chi connectivity index (χ2v) is 19.3. The van der Waals surface area contributed by atoms with Gasteiger partial charge in [0.25, 0.3) is 0 Å². The van der Waals surface area contributed by atoms with Gasteiger partial charge in [0.2, 0.25) is 59.1 Å². The van der Waals surface area contributed by atoms with Gasteiger partial charge in [-0.15, -0.1) is 0 Å². The lowest BCUT2D eigenvalue weighted by Crippen LogP contribution is -2.63. The van der Waals surface area contributed by atoms with Crippen molar-refractivity contribution in [3.8, 4) is 0 Å². The lowest BCUT2D eigenvalue weighted by molar-refractivity contribution is -0.153. The Hall–Kier alpha value is -7.79. The molecule has 0 bridgehead atoms. The molecule has 10 amide bonds. The molecule has 12 atom stereocenters. The summed E-state index contributed by atoms with van der Waals surface area (Å²) in [5, 5.41) is 54.1. The van der Waals surface area contributed by atoms with Gasteiger partial charge in [0, 0.05) is 39.4 Å². The van der Waals surface area contributed by atoms with E-state index >= 15 is 0 Å². The number of nitrogens with zero attached hydrogens (tertiary/aromatic N) is 2. The number of benzene rings is 1. The molecule has 1 heterocycles. The van der Waals surface area contributed by atoms with Crippen molar-refractivity contribution >= 4 is 77.0 Å². The van der Waals surface area contributed by atoms with Gasteiger partial charge in [-0.1, -0.05) is 70.4 Å². The van der Waals surface area contributed by atoms with Crippen molar-refractivity contribution in [2.24, 2.45) is 29.0 Å². The zero-order chi connectivity index (χ0) is 59.1. The average molecular weight is 1110 g/mol. The average Bonchev–Trinajstić information content (AvgIpc) is 3.37. The number of carbonyl (C=O) groups is 13. The van der Waals surface area contributed by atoms with Crippen LogP contribution in [-0.2, 0) is 73.5 Å². The Bertz CT molecular complexity index is 2320. The highest BCUT2D eigenvalue weighted by atomic mass is 16.5. The van der Waals surface area contributed by atoms with Crippen molar-refractivity contribution in [3.05, 3.63) is 35.9 Å². The van der Waals surface area contributed by atoms with Crippen LogP contribution in [-0.4, -0.2) is 195 Å². The van der Waals surface area contributed by atoms with E-state index in [0.29, 0.717) is 29.2 Å². The van der Waals surface area contributed by atoms with Gasteiger partial charge < -0.3 is 84.1 Å². The molecule has 1 saturated heterocycles. The summed E-state index contributed by atoms with van der Waals surface area (Å²) in [6.45, 7) is 4.09. The summed E-state index contributed by atoms with van der Waals surface area (Å²) in [4.78, 5) is 177. The largest absolute Gasteiger partial charge is 0.481 e. The number of primary amides is 2. The maximum absolute atomic E-state index is 14.6. The number of aliphatic hydroxyl groups is 2. The Kier molecular flexibility index (Phi) is 27.3. The lowest BCUT2D eigenvalue weighted by Gasteiger charge is -2.36. The topological polar surface area (TPSA) is 469 Å². The summed E-state index contributed by atoms with van der Waals surface area (Å²) in [7, 11) is 2.06. The molecule has 0 radical (unpaired) electrons. The van der Waals surface area contributed by atoms with Crippen LogP contribution in [0.15, 0.2) is 30.3 Å². The standard InChI is InChI=1S/C49H75N11O18/c1-7-24(2)13-11-12-16-36(64)53-31-23-78-49(77)39(25(3)17-37(65)66)57-42(70)28(19-34(62)41(52)69)55-45(73)32(18-27-14-9-8-10-15-27)59(5)48(76)33(21-35(51)63)60(6)47(75)30(22-61)56-46(74)40(26(4)50)58-43(71)29(20-38(67)68)54-44(31)72/h8-10,14-15,24-26,28-34,39-40,61-62H,7,11-13,16-23,50H2,1-6H3,(H2,51,63)(H2,52,69)(H,53,64)(H,54,72)(H,55,73)(H,56,74)(H,57,70)(H,58,71)(H,65,66)(H,67,68)/t24?,25-,26-,28-,29+,30+,31+,32-,33+,34+,39+,40+/m1/s1. The SMILES string of the molecule is CCC(C)CCCCC(=O)N[C@H]1COC(=O)[C@H]([C@H](C)CC(=O)O)NC(=O)[C@@H](C[C@H](O)C(N)=O)NC(=O)[C@@H](Cc2ccccc2)N(C)C(=O)[C@H](CC(N)=O)N(C)C(=O)[C@H](CO)NC(=O)[C@H]([C@@H](C)N)NC(=O)[C@H](CC(=O)O)NC1=O. The first-order chi connectivity index (χ1) is 36.5. The minimum Gasteiger partial charge on any atom is -0.481 e. The fourth-order valence-electron chi connectivity index (χ4n) is 8.01. The fraction of sp³-hybridized carbons (Fsp3) is 0.612. The number of esters is 1. The van der Waals surface area contributed by atoms with Crippen molar-refractivity contribution in [1.82, 2.24) is 41.7 Å². The smallest absolute Gasteiger partial charge is 0.329 e. The molecule has 0 spiro atoms. The summed E-state index contributed by atoms with van der Waals surface area (Å²) in [6.07, 6.45) is -4.16. The number of likely N-dealkylation sites (N-methyl/N-ethyl adjacent to an activating group) is 2. The molecule has 78 heavy (non-hydrogen) atoms. The number of ether oxygens (including phenoxy) is 1. The summed E-state index contributed by atoms with van der Waals surface area (Å²) in [5.41, 5.74) is 17.3. The Morgan fingerprint density at radius 3 is 1.86 bits per heavy atom. The van der Waals surface area contributed by atoms with E-state index in [4.69, 9.17) is 21.9 Å². The highest BCUT2D eigenvalue weighted by molar-refractivity contribution is 6.00. The Labute approximate surface area is 449 Å². The predicted octanol–water partition coefficient (Wildman–Crippen LogP) is -5.01. The number of hydrogen-bond acceptors (Lipinski definition) is 17. The van der Waals surface area contributed by atoms with Gasteiger partial charge in [0.1, 0.15) is 61.0 Å². The molecular formula is C49H75N11O18. The van der Waals surface area contributed by atoms with E-state index in [1.165, 1.54) is 13.8 Å². The van der Waals surface area contributed by atoms with Gasteiger partial charge in [0.15, 0.2) is 0 Å². The van der Waals surface area contributed by atoms with E-state index in [1.54, 1.807) is 30.3 Å². The molecule has 0 aromatic heterocycles. The van der Waals surface area contributed by atoms with Crippen LogP contribution >= 0.6 is 0 Å².